The predicted octanol–water partition coefficient (Wildman–Crippen LogP) is 3.28. The average molecular weight is 329 g/mol. The molecule has 1 N–H and O–H groups in total. The Labute approximate surface area is 141 Å². The van der Waals surface area contributed by atoms with Gasteiger partial charge < -0.3 is 5.11 Å². The standard InChI is InChI=1S/C20H21F2NO/c1-19(11-8-16-17(21)4-3-5-18(16)22)9-6-15(7-10-19)12-23-13-20(2,24)14-23/h3-7,9,24H,10,12-14H2,1-2H3. The van der Waals surface area contributed by atoms with E-state index in [4.69, 9.17) is 0 Å². The molecule has 0 amide bonds. The highest BCUT2D eigenvalue weighted by Gasteiger charge is 2.36. The zero-order valence-electron chi connectivity index (χ0n) is 13.9. The number of β-amino-alcohol motifs (C(OH)–C–C–N with tert-alkyl or cyclic N) is 1. The Hall–Kier alpha value is -1.96. The third kappa shape index (κ3) is 3.75. The number of halogens is 2. The van der Waals surface area contributed by atoms with Crippen molar-refractivity contribution in [2.24, 2.45) is 5.41 Å². The Morgan fingerprint density at radius 3 is 2.42 bits per heavy atom. The van der Waals surface area contributed by atoms with Crippen molar-refractivity contribution in [1.82, 2.24) is 4.90 Å². The molecule has 1 aliphatic heterocycles. The SMILES string of the molecule is CC1(C#Cc2c(F)cccc2F)C=CC(CN2CC(C)(O)C2)=CC1. The summed E-state index contributed by atoms with van der Waals surface area (Å²) in [6.45, 7) is 5.96. The highest BCUT2D eigenvalue weighted by atomic mass is 19.1. The van der Waals surface area contributed by atoms with Crippen LogP contribution in [-0.2, 0) is 0 Å². The van der Waals surface area contributed by atoms with E-state index >= 15 is 0 Å². The number of benzene rings is 1. The van der Waals surface area contributed by atoms with Crippen LogP contribution in [-0.4, -0.2) is 35.2 Å². The van der Waals surface area contributed by atoms with Crippen molar-refractivity contribution in [3.05, 3.63) is 59.2 Å². The summed E-state index contributed by atoms with van der Waals surface area (Å²) in [6.07, 6.45) is 6.82. The van der Waals surface area contributed by atoms with Gasteiger partial charge in [0.2, 0.25) is 0 Å². The second-order valence-corrected chi connectivity index (χ2v) is 7.22. The predicted molar refractivity (Wildman–Crippen MR) is 90.2 cm³/mol. The lowest BCUT2D eigenvalue weighted by atomic mass is 9.82. The molecule has 0 radical (unpaired) electrons. The fraction of sp³-hybridized carbons (Fsp3) is 0.400. The summed E-state index contributed by atoms with van der Waals surface area (Å²) in [7, 11) is 0. The Balaban J connectivity index is 1.65. The van der Waals surface area contributed by atoms with Crippen molar-refractivity contribution in [1.29, 1.82) is 0 Å². The molecule has 1 unspecified atom stereocenters. The van der Waals surface area contributed by atoms with Gasteiger partial charge >= 0.3 is 0 Å². The number of nitrogens with zero attached hydrogens (tertiary/aromatic N) is 1. The molecule has 1 atom stereocenters. The first kappa shape index (κ1) is 16.9. The van der Waals surface area contributed by atoms with E-state index in [0.717, 1.165) is 6.54 Å². The molecule has 1 heterocycles. The van der Waals surface area contributed by atoms with Crippen LogP contribution in [0.15, 0.2) is 42.0 Å². The summed E-state index contributed by atoms with van der Waals surface area (Å²) in [5.74, 6) is 4.39. The third-order valence-corrected chi connectivity index (χ3v) is 4.42. The molecule has 24 heavy (non-hydrogen) atoms. The number of rotatable bonds is 2. The largest absolute Gasteiger partial charge is 0.388 e. The zero-order valence-corrected chi connectivity index (χ0v) is 13.9. The lowest BCUT2D eigenvalue weighted by Crippen LogP contribution is -2.60. The number of hydrogen-bond donors (Lipinski definition) is 1. The minimum Gasteiger partial charge on any atom is -0.388 e. The van der Waals surface area contributed by atoms with Crippen molar-refractivity contribution < 1.29 is 13.9 Å². The first-order valence-electron chi connectivity index (χ1n) is 8.07. The normalized spacial score (nSPS) is 25.5. The van der Waals surface area contributed by atoms with Gasteiger partial charge in [-0.3, -0.25) is 4.90 Å². The van der Waals surface area contributed by atoms with E-state index in [9.17, 15) is 13.9 Å². The van der Waals surface area contributed by atoms with Crippen LogP contribution in [0, 0.1) is 28.9 Å². The molecule has 1 aliphatic carbocycles. The van der Waals surface area contributed by atoms with Gasteiger partial charge in [-0.15, -0.1) is 0 Å². The molecule has 2 nitrogen and oxygen atoms in total. The molecule has 1 saturated heterocycles. The number of likely N-dealkylation sites (tertiary alicyclic amines) is 1. The molecule has 0 spiro atoms. The van der Waals surface area contributed by atoms with Crippen LogP contribution < -0.4 is 0 Å². The topological polar surface area (TPSA) is 23.5 Å². The van der Waals surface area contributed by atoms with Crippen molar-refractivity contribution in [3.8, 4) is 11.8 Å². The molecule has 1 aromatic rings. The Bertz CT molecular complexity index is 741. The Kier molecular flexibility index (Phi) is 4.33. The maximum atomic E-state index is 13.6. The molecule has 3 rings (SSSR count). The summed E-state index contributed by atoms with van der Waals surface area (Å²) >= 11 is 0. The van der Waals surface area contributed by atoms with Gasteiger partial charge in [-0.1, -0.05) is 36.1 Å². The maximum absolute atomic E-state index is 13.6. The number of hydrogen-bond acceptors (Lipinski definition) is 2. The van der Waals surface area contributed by atoms with Crippen LogP contribution in [0.2, 0.25) is 0 Å². The first-order chi connectivity index (χ1) is 11.3. The van der Waals surface area contributed by atoms with Gasteiger partial charge in [0.25, 0.3) is 0 Å². The monoisotopic (exact) mass is 329 g/mol. The minimum atomic E-state index is -0.632. The molecule has 0 bridgehead atoms. The van der Waals surface area contributed by atoms with Crippen molar-refractivity contribution in [2.45, 2.75) is 25.9 Å². The average Bonchev–Trinajstić information content (AvgIpc) is 2.47. The van der Waals surface area contributed by atoms with E-state index in [1.165, 1.54) is 23.8 Å². The van der Waals surface area contributed by atoms with Crippen LogP contribution in [0.4, 0.5) is 8.78 Å². The molecule has 4 heteroatoms. The van der Waals surface area contributed by atoms with Crippen molar-refractivity contribution in [3.63, 3.8) is 0 Å². The van der Waals surface area contributed by atoms with Gasteiger partial charge in [0.15, 0.2) is 0 Å². The molecule has 2 aliphatic rings. The van der Waals surface area contributed by atoms with Crippen molar-refractivity contribution >= 4 is 0 Å². The fourth-order valence-corrected chi connectivity index (χ4v) is 3.09. The van der Waals surface area contributed by atoms with E-state index in [1.54, 1.807) is 0 Å². The second-order valence-electron chi connectivity index (χ2n) is 7.22. The van der Waals surface area contributed by atoms with E-state index in [0.29, 0.717) is 19.5 Å². The number of allylic oxidation sites excluding steroid dienone is 2. The molecule has 1 fully saturated rings. The summed E-state index contributed by atoms with van der Waals surface area (Å²) < 4.78 is 27.3. The zero-order chi connectivity index (χ0) is 17.4. The van der Waals surface area contributed by atoms with Crippen LogP contribution in [0.3, 0.4) is 0 Å². The van der Waals surface area contributed by atoms with E-state index in [-0.39, 0.29) is 5.56 Å². The van der Waals surface area contributed by atoms with Gasteiger partial charge in [-0.25, -0.2) is 8.78 Å². The summed E-state index contributed by atoms with van der Waals surface area (Å²) in [4.78, 5) is 2.18. The van der Waals surface area contributed by atoms with E-state index < -0.39 is 22.7 Å². The highest BCUT2D eigenvalue weighted by molar-refractivity contribution is 5.41. The fourth-order valence-electron chi connectivity index (χ4n) is 3.09. The third-order valence-electron chi connectivity index (χ3n) is 4.42. The van der Waals surface area contributed by atoms with Crippen molar-refractivity contribution in [2.75, 3.05) is 19.6 Å². The van der Waals surface area contributed by atoms with Gasteiger partial charge in [-0.2, -0.15) is 0 Å². The maximum Gasteiger partial charge on any atom is 0.141 e. The minimum absolute atomic E-state index is 0.176. The lowest BCUT2D eigenvalue weighted by Gasteiger charge is -2.44. The molecule has 0 aromatic heterocycles. The van der Waals surface area contributed by atoms with Gasteiger partial charge in [0, 0.05) is 19.6 Å². The van der Waals surface area contributed by atoms with Crippen LogP contribution >= 0.6 is 0 Å². The quantitative estimate of drug-likeness (QED) is 0.842. The van der Waals surface area contributed by atoms with E-state index in [1.807, 2.05) is 26.0 Å². The Morgan fingerprint density at radius 1 is 1.21 bits per heavy atom. The second kappa shape index (κ2) is 6.16. The molecular formula is C20H21F2NO. The van der Waals surface area contributed by atoms with E-state index in [2.05, 4.69) is 22.8 Å². The Morgan fingerprint density at radius 2 is 1.88 bits per heavy atom. The van der Waals surface area contributed by atoms with Gasteiger partial charge in [0.05, 0.1) is 16.6 Å². The van der Waals surface area contributed by atoms with Crippen LogP contribution in [0.5, 0.6) is 0 Å². The van der Waals surface area contributed by atoms with Crippen LogP contribution in [0.25, 0.3) is 0 Å². The lowest BCUT2D eigenvalue weighted by molar-refractivity contribution is -0.0785. The highest BCUT2D eigenvalue weighted by Crippen LogP contribution is 2.30. The summed E-state index contributed by atoms with van der Waals surface area (Å²) in [5.41, 5.74) is 0.00748. The molecule has 0 saturated carbocycles. The molecule has 126 valence electrons. The summed E-state index contributed by atoms with van der Waals surface area (Å²) in [6, 6.07) is 3.76. The summed E-state index contributed by atoms with van der Waals surface area (Å²) in [5, 5.41) is 9.76. The van der Waals surface area contributed by atoms with Crippen LogP contribution in [0.1, 0.15) is 25.8 Å². The smallest absolute Gasteiger partial charge is 0.141 e. The number of aliphatic hydroxyl groups is 1. The van der Waals surface area contributed by atoms with Gasteiger partial charge in [-0.05, 0) is 38.0 Å². The molecular weight excluding hydrogens is 308 g/mol. The van der Waals surface area contributed by atoms with Gasteiger partial charge in [0.1, 0.15) is 11.6 Å². The first-order valence-corrected chi connectivity index (χ1v) is 8.07. The molecule has 1 aromatic carbocycles.